The van der Waals surface area contributed by atoms with Gasteiger partial charge in [-0.3, -0.25) is 4.98 Å². The van der Waals surface area contributed by atoms with Gasteiger partial charge in [-0.15, -0.1) is 0 Å². The minimum Gasteiger partial charge on any atom is -0.457 e. The van der Waals surface area contributed by atoms with E-state index in [-0.39, 0.29) is 5.97 Å². The highest BCUT2D eigenvalue weighted by molar-refractivity contribution is 14.1. The fourth-order valence-electron chi connectivity index (χ4n) is 1.34. The first-order valence-electron chi connectivity index (χ1n) is 5.08. The van der Waals surface area contributed by atoms with Crippen LogP contribution in [0.3, 0.4) is 0 Å². The van der Waals surface area contributed by atoms with Gasteiger partial charge < -0.3 is 4.74 Å². The molecule has 0 fully saturated rings. The van der Waals surface area contributed by atoms with Crippen molar-refractivity contribution in [2.24, 2.45) is 0 Å². The summed E-state index contributed by atoms with van der Waals surface area (Å²) in [6, 6.07) is 12.9. The standard InChI is InChI=1S/C13H10INO2/c14-12-8-11(6-7-15-12)13(16)17-9-10-4-2-1-3-5-10/h1-8H,9H2. The second-order valence-corrected chi connectivity index (χ2v) is 4.53. The average molecular weight is 339 g/mol. The fourth-order valence-corrected chi connectivity index (χ4v) is 1.83. The van der Waals surface area contributed by atoms with E-state index < -0.39 is 0 Å². The maximum absolute atomic E-state index is 11.7. The predicted molar refractivity (Wildman–Crippen MR) is 72.5 cm³/mol. The van der Waals surface area contributed by atoms with E-state index in [0.29, 0.717) is 12.2 Å². The molecule has 2 rings (SSSR count). The molecule has 0 unspecified atom stereocenters. The summed E-state index contributed by atoms with van der Waals surface area (Å²) in [6.45, 7) is 0.290. The number of aromatic nitrogens is 1. The third-order valence-electron chi connectivity index (χ3n) is 2.18. The summed E-state index contributed by atoms with van der Waals surface area (Å²) in [4.78, 5) is 15.7. The molecule has 0 saturated heterocycles. The van der Waals surface area contributed by atoms with Gasteiger partial charge in [-0.25, -0.2) is 4.79 Å². The van der Waals surface area contributed by atoms with Gasteiger partial charge in [0.2, 0.25) is 0 Å². The van der Waals surface area contributed by atoms with Gasteiger partial charge in [0.15, 0.2) is 0 Å². The maximum atomic E-state index is 11.7. The van der Waals surface area contributed by atoms with Gasteiger partial charge in [0.05, 0.1) is 5.56 Å². The number of hydrogen-bond donors (Lipinski definition) is 0. The van der Waals surface area contributed by atoms with Gasteiger partial charge in [-0.1, -0.05) is 30.3 Å². The Balaban J connectivity index is 1.98. The molecule has 0 amide bonds. The topological polar surface area (TPSA) is 39.2 Å². The van der Waals surface area contributed by atoms with E-state index in [1.54, 1.807) is 18.3 Å². The molecule has 1 heterocycles. The smallest absolute Gasteiger partial charge is 0.338 e. The molecule has 86 valence electrons. The number of benzene rings is 1. The zero-order valence-electron chi connectivity index (χ0n) is 8.97. The van der Waals surface area contributed by atoms with Crippen molar-refractivity contribution in [2.75, 3.05) is 0 Å². The Bertz CT molecular complexity index is 514. The third kappa shape index (κ3) is 3.52. The lowest BCUT2D eigenvalue weighted by atomic mass is 10.2. The molecule has 0 aliphatic heterocycles. The minimum absolute atomic E-state index is 0.290. The van der Waals surface area contributed by atoms with E-state index in [9.17, 15) is 4.79 Å². The first-order valence-corrected chi connectivity index (χ1v) is 6.16. The average Bonchev–Trinajstić information content (AvgIpc) is 2.37. The van der Waals surface area contributed by atoms with Gasteiger partial charge in [-0.05, 0) is 40.3 Å². The van der Waals surface area contributed by atoms with Crippen molar-refractivity contribution in [1.82, 2.24) is 4.98 Å². The molecule has 0 saturated carbocycles. The first kappa shape index (κ1) is 12.0. The summed E-state index contributed by atoms with van der Waals surface area (Å²) in [5, 5.41) is 0. The molecular formula is C13H10INO2. The van der Waals surface area contributed by atoms with E-state index in [2.05, 4.69) is 27.6 Å². The molecule has 0 aliphatic rings. The summed E-state index contributed by atoms with van der Waals surface area (Å²) in [6.07, 6.45) is 1.60. The molecule has 0 atom stereocenters. The van der Waals surface area contributed by atoms with Gasteiger partial charge >= 0.3 is 5.97 Å². The third-order valence-corrected chi connectivity index (χ3v) is 2.76. The highest BCUT2D eigenvalue weighted by Gasteiger charge is 2.07. The highest BCUT2D eigenvalue weighted by atomic mass is 127. The van der Waals surface area contributed by atoms with Gasteiger partial charge in [0, 0.05) is 6.20 Å². The Hall–Kier alpha value is -1.43. The number of rotatable bonds is 3. The van der Waals surface area contributed by atoms with E-state index in [0.717, 1.165) is 9.26 Å². The molecule has 0 spiro atoms. The number of carbonyl (C=O) groups excluding carboxylic acids is 1. The Morgan fingerprint density at radius 3 is 2.71 bits per heavy atom. The Morgan fingerprint density at radius 2 is 2.00 bits per heavy atom. The van der Waals surface area contributed by atoms with Gasteiger partial charge in [0.25, 0.3) is 0 Å². The number of carbonyl (C=O) groups is 1. The number of esters is 1. The molecule has 1 aromatic heterocycles. The van der Waals surface area contributed by atoms with Crippen molar-refractivity contribution < 1.29 is 9.53 Å². The zero-order chi connectivity index (χ0) is 12.1. The molecule has 0 aliphatic carbocycles. The molecular weight excluding hydrogens is 329 g/mol. The van der Waals surface area contributed by atoms with Crippen LogP contribution in [0.25, 0.3) is 0 Å². The van der Waals surface area contributed by atoms with Crippen LogP contribution in [0, 0.1) is 3.70 Å². The van der Waals surface area contributed by atoms with E-state index in [4.69, 9.17) is 4.74 Å². The second-order valence-electron chi connectivity index (χ2n) is 3.43. The number of hydrogen-bond acceptors (Lipinski definition) is 3. The minimum atomic E-state index is -0.325. The molecule has 3 nitrogen and oxygen atoms in total. The Labute approximate surface area is 113 Å². The van der Waals surface area contributed by atoms with Crippen LogP contribution in [0.15, 0.2) is 48.7 Å². The Morgan fingerprint density at radius 1 is 1.24 bits per heavy atom. The lowest BCUT2D eigenvalue weighted by Gasteiger charge is -2.04. The molecule has 0 radical (unpaired) electrons. The van der Waals surface area contributed by atoms with Crippen molar-refractivity contribution in [3.63, 3.8) is 0 Å². The molecule has 2 aromatic rings. The second kappa shape index (κ2) is 5.77. The highest BCUT2D eigenvalue weighted by Crippen LogP contribution is 2.08. The van der Waals surface area contributed by atoms with Crippen molar-refractivity contribution in [3.05, 3.63) is 63.5 Å². The van der Waals surface area contributed by atoms with E-state index >= 15 is 0 Å². The molecule has 4 heteroatoms. The van der Waals surface area contributed by atoms with E-state index in [1.807, 2.05) is 30.3 Å². The van der Waals surface area contributed by atoms with Crippen molar-refractivity contribution in [1.29, 1.82) is 0 Å². The van der Waals surface area contributed by atoms with Crippen LogP contribution in [0.2, 0.25) is 0 Å². The van der Waals surface area contributed by atoms with Crippen LogP contribution in [0.1, 0.15) is 15.9 Å². The number of pyridine rings is 1. The van der Waals surface area contributed by atoms with Crippen LogP contribution in [-0.4, -0.2) is 11.0 Å². The number of ether oxygens (including phenoxy) is 1. The van der Waals surface area contributed by atoms with Crippen LogP contribution in [0.5, 0.6) is 0 Å². The molecule has 17 heavy (non-hydrogen) atoms. The van der Waals surface area contributed by atoms with Crippen molar-refractivity contribution >= 4 is 28.6 Å². The summed E-state index contributed by atoms with van der Waals surface area (Å²) in [5.41, 5.74) is 1.50. The lowest BCUT2D eigenvalue weighted by Crippen LogP contribution is -2.05. The molecule has 0 bridgehead atoms. The predicted octanol–water partition coefficient (Wildman–Crippen LogP) is 3.04. The number of halogens is 1. The van der Waals surface area contributed by atoms with Crippen LogP contribution in [0.4, 0.5) is 0 Å². The number of nitrogens with zero attached hydrogens (tertiary/aromatic N) is 1. The SMILES string of the molecule is O=C(OCc1ccccc1)c1ccnc(I)c1. The van der Waals surface area contributed by atoms with Crippen LogP contribution in [-0.2, 0) is 11.3 Å². The normalized spacial score (nSPS) is 9.94. The quantitative estimate of drug-likeness (QED) is 0.490. The zero-order valence-corrected chi connectivity index (χ0v) is 11.1. The lowest BCUT2D eigenvalue weighted by molar-refractivity contribution is 0.0472. The van der Waals surface area contributed by atoms with Crippen molar-refractivity contribution in [3.8, 4) is 0 Å². The first-order chi connectivity index (χ1) is 8.25. The van der Waals surface area contributed by atoms with Crippen LogP contribution < -0.4 is 0 Å². The van der Waals surface area contributed by atoms with Gasteiger partial charge in [0.1, 0.15) is 10.3 Å². The molecule has 1 aromatic carbocycles. The Kier molecular flexibility index (Phi) is 4.08. The maximum Gasteiger partial charge on any atom is 0.338 e. The van der Waals surface area contributed by atoms with Crippen molar-refractivity contribution in [2.45, 2.75) is 6.61 Å². The summed E-state index contributed by atoms with van der Waals surface area (Å²) in [7, 11) is 0. The van der Waals surface area contributed by atoms with Crippen LogP contribution >= 0.6 is 22.6 Å². The van der Waals surface area contributed by atoms with E-state index in [1.165, 1.54) is 0 Å². The fraction of sp³-hybridized carbons (Fsp3) is 0.0769. The monoisotopic (exact) mass is 339 g/mol. The largest absolute Gasteiger partial charge is 0.457 e. The molecule has 0 N–H and O–H groups in total. The summed E-state index contributed by atoms with van der Waals surface area (Å²) in [5.74, 6) is -0.325. The summed E-state index contributed by atoms with van der Waals surface area (Å²) < 4.78 is 5.97. The summed E-state index contributed by atoms with van der Waals surface area (Å²) >= 11 is 2.06. The van der Waals surface area contributed by atoms with Gasteiger partial charge in [-0.2, -0.15) is 0 Å².